The van der Waals surface area contributed by atoms with Crippen molar-refractivity contribution in [2.75, 3.05) is 19.7 Å². The number of benzene rings is 2. The zero-order valence-corrected chi connectivity index (χ0v) is 13.7. The lowest BCUT2D eigenvalue weighted by Gasteiger charge is -2.35. The largest absolute Gasteiger partial charge is 0.367 e. The van der Waals surface area contributed by atoms with Crippen LogP contribution in [0.25, 0.3) is 0 Å². The number of ether oxygens (including phenoxy) is 1. The lowest BCUT2D eigenvalue weighted by Crippen LogP contribution is -2.53. The Hall–Kier alpha value is -2.73. The summed E-state index contributed by atoms with van der Waals surface area (Å²) in [6.07, 6.45) is 0. The summed E-state index contributed by atoms with van der Waals surface area (Å²) in [5, 5.41) is 2.68. The van der Waals surface area contributed by atoms with Gasteiger partial charge < -0.3 is 15.0 Å². The summed E-state index contributed by atoms with van der Waals surface area (Å²) in [5.74, 6) is -1.22. The van der Waals surface area contributed by atoms with E-state index in [0.29, 0.717) is 19.7 Å². The molecular formula is C19H19FN2O3. The highest BCUT2D eigenvalue weighted by molar-refractivity contribution is 5.90. The van der Waals surface area contributed by atoms with Crippen molar-refractivity contribution in [1.82, 2.24) is 10.2 Å². The molecule has 1 saturated heterocycles. The molecule has 0 bridgehead atoms. The van der Waals surface area contributed by atoms with Gasteiger partial charge in [-0.3, -0.25) is 9.59 Å². The predicted octanol–water partition coefficient (Wildman–Crippen LogP) is 2.04. The smallest absolute Gasteiger partial charge is 0.249 e. The fourth-order valence-electron chi connectivity index (χ4n) is 2.85. The topological polar surface area (TPSA) is 58.6 Å². The maximum atomic E-state index is 14.1. The van der Waals surface area contributed by atoms with Crippen molar-refractivity contribution in [3.8, 4) is 0 Å². The van der Waals surface area contributed by atoms with Crippen LogP contribution in [0.15, 0.2) is 54.6 Å². The van der Waals surface area contributed by atoms with Gasteiger partial charge in [-0.05, 0) is 11.6 Å². The first-order valence-corrected chi connectivity index (χ1v) is 8.10. The zero-order valence-electron chi connectivity index (χ0n) is 13.7. The van der Waals surface area contributed by atoms with Crippen molar-refractivity contribution >= 4 is 11.8 Å². The molecule has 0 spiro atoms. The summed E-state index contributed by atoms with van der Waals surface area (Å²) in [5.41, 5.74) is 1.15. The monoisotopic (exact) mass is 342 g/mol. The van der Waals surface area contributed by atoms with Crippen LogP contribution in [0.1, 0.15) is 17.2 Å². The van der Waals surface area contributed by atoms with Crippen LogP contribution >= 0.6 is 0 Å². The highest BCUT2D eigenvalue weighted by atomic mass is 19.1. The Morgan fingerprint density at radius 1 is 1.16 bits per heavy atom. The molecule has 25 heavy (non-hydrogen) atoms. The minimum atomic E-state index is -0.970. The summed E-state index contributed by atoms with van der Waals surface area (Å²) < 4.78 is 19.6. The quantitative estimate of drug-likeness (QED) is 0.905. The minimum absolute atomic E-state index is 0.160. The van der Waals surface area contributed by atoms with Crippen LogP contribution in [0.5, 0.6) is 0 Å². The fourth-order valence-corrected chi connectivity index (χ4v) is 2.85. The van der Waals surface area contributed by atoms with Crippen molar-refractivity contribution in [2.45, 2.75) is 12.6 Å². The summed E-state index contributed by atoms with van der Waals surface area (Å²) in [7, 11) is 0. The van der Waals surface area contributed by atoms with Crippen LogP contribution in [0.3, 0.4) is 0 Å². The number of hydrogen-bond donors (Lipinski definition) is 1. The van der Waals surface area contributed by atoms with E-state index in [0.717, 1.165) is 5.56 Å². The normalized spacial score (nSPS) is 17.2. The first-order chi connectivity index (χ1) is 12.2. The first-order valence-electron chi connectivity index (χ1n) is 8.10. The Kier molecular flexibility index (Phi) is 5.40. The lowest BCUT2D eigenvalue weighted by atomic mass is 10.0. The number of nitrogens with one attached hydrogen (secondary N) is 1. The number of rotatable bonds is 5. The Bertz CT molecular complexity index is 751. The third-order valence-electron chi connectivity index (χ3n) is 4.07. The Morgan fingerprint density at radius 3 is 2.64 bits per heavy atom. The summed E-state index contributed by atoms with van der Waals surface area (Å²) >= 11 is 0. The minimum Gasteiger partial charge on any atom is -0.367 e. The second-order valence-electron chi connectivity index (χ2n) is 5.78. The molecule has 6 heteroatoms. The lowest BCUT2D eigenvalue weighted by molar-refractivity contribution is -0.147. The van der Waals surface area contributed by atoms with E-state index < -0.39 is 11.9 Å². The van der Waals surface area contributed by atoms with E-state index in [9.17, 15) is 14.0 Å². The first kappa shape index (κ1) is 17.1. The van der Waals surface area contributed by atoms with Crippen molar-refractivity contribution < 1.29 is 18.7 Å². The average Bonchev–Trinajstić information content (AvgIpc) is 2.63. The summed E-state index contributed by atoms with van der Waals surface area (Å²) in [6.45, 7) is 0.802. The SMILES string of the molecule is O=C1NCCN(C(=O)COCc2ccccc2)C1c1ccccc1F. The molecule has 0 aliphatic carbocycles. The number of amides is 2. The molecule has 2 aromatic carbocycles. The van der Waals surface area contributed by atoms with Crippen LogP contribution in [0.2, 0.25) is 0 Å². The van der Waals surface area contributed by atoms with Gasteiger partial charge in [0.1, 0.15) is 18.5 Å². The van der Waals surface area contributed by atoms with Crippen LogP contribution < -0.4 is 5.32 Å². The fraction of sp³-hybridized carbons (Fsp3) is 0.263. The Morgan fingerprint density at radius 2 is 1.88 bits per heavy atom. The van der Waals surface area contributed by atoms with E-state index in [1.54, 1.807) is 12.1 Å². The molecular weight excluding hydrogens is 323 g/mol. The highest BCUT2D eigenvalue weighted by Gasteiger charge is 2.35. The summed E-state index contributed by atoms with van der Waals surface area (Å²) in [6, 6.07) is 14.5. The number of halogens is 1. The number of hydrogen-bond acceptors (Lipinski definition) is 3. The molecule has 0 radical (unpaired) electrons. The molecule has 1 atom stereocenters. The molecule has 1 aliphatic heterocycles. The van der Waals surface area contributed by atoms with Crippen LogP contribution in [0.4, 0.5) is 4.39 Å². The van der Waals surface area contributed by atoms with E-state index in [-0.39, 0.29) is 24.0 Å². The molecule has 1 fully saturated rings. The Balaban J connectivity index is 1.69. The number of carbonyl (C=O) groups is 2. The molecule has 0 saturated carbocycles. The Labute approximate surface area is 145 Å². The molecule has 1 unspecified atom stereocenters. The van der Waals surface area contributed by atoms with Crippen LogP contribution in [-0.2, 0) is 20.9 Å². The van der Waals surface area contributed by atoms with Gasteiger partial charge in [0.2, 0.25) is 11.8 Å². The van der Waals surface area contributed by atoms with Crippen molar-refractivity contribution in [3.05, 3.63) is 71.5 Å². The average molecular weight is 342 g/mol. The van der Waals surface area contributed by atoms with Gasteiger partial charge in [0.25, 0.3) is 0 Å². The second kappa shape index (κ2) is 7.90. The van der Waals surface area contributed by atoms with Crippen molar-refractivity contribution in [3.63, 3.8) is 0 Å². The van der Waals surface area contributed by atoms with E-state index in [2.05, 4.69) is 5.32 Å². The molecule has 3 rings (SSSR count). The molecule has 1 aliphatic rings. The molecule has 2 aromatic rings. The van der Waals surface area contributed by atoms with Gasteiger partial charge in [-0.15, -0.1) is 0 Å². The number of carbonyl (C=O) groups excluding carboxylic acids is 2. The molecule has 1 heterocycles. The molecule has 5 nitrogen and oxygen atoms in total. The predicted molar refractivity (Wildman–Crippen MR) is 90.0 cm³/mol. The van der Waals surface area contributed by atoms with E-state index in [1.165, 1.54) is 17.0 Å². The van der Waals surface area contributed by atoms with E-state index >= 15 is 0 Å². The van der Waals surface area contributed by atoms with Gasteiger partial charge in [-0.25, -0.2) is 4.39 Å². The molecule has 130 valence electrons. The van der Waals surface area contributed by atoms with Crippen molar-refractivity contribution in [1.29, 1.82) is 0 Å². The zero-order chi connectivity index (χ0) is 17.6. The molecule has 1 N–H and O–H groups in total. The second-order valence-corrected chi connectivity index (χ2v) is 5.78. The maximum Gasteiger partial charge on any atom is 0.249 e. The van der Waals surface area contributed by atoms with Crippen LogP contribution in [-0.4, -0.2) is 36.4 Å². The molecule has 0 aromatic heterocycles. The molecule has 2 amide bonds. The van der Waals surface area contributed by atoms with E-state index in [1.807, 2.05) is 30.3 Å². The van der Waals surface area contributed by atoms with E-state index in [4.69, 9.17) is 4.74 Å². The van der Waals surface area contributed by atoms with Gasteiger partial charge >= 0.3 is 0 Å². The highest BCUT2D eigenvalue weighted by Crippen LogP contribution is 2.25. The van der Waals surface area contributed by atoms with Gasteiger partial charge in [-0.1, -0.05) is 48.5 Å². The van der Waals surface area contributed by atoms with Gasteiger partial charge in [0.15, 0.2) is 0 Å². The van der Waals surface area contributed by atoms with Gasteiger partial charge in [-0.2, -0.15) is 0 Å². The van der Waals surface area contributed by atoms with Crippen LogP contribution in [0, 0.1) is 5.82 Å². The van der Waals surface area contributed by atoms with Gasteiger partial charge in [0, 0.05) is 18.7 Å². The summed E-state index contributed by atoms with van der Waals surface area (Å²) in [4.78, 5) is 26.1. The third-order valence-corrected chi connectivity index (χ3v) is 4.07. The number of nitrogens with zero attached hydrogens (tertiary/aromatic N) is 1. The third kappa shape index (κ3) is 4.03. The van der Waals surface area contributed by atoms with Gasteiger partial charge in [0.05, 0.1) is 6.61 Å². The maximum absolute atomic E-state index is 14.1. The van der Waals surface area contributed by atoms with Crippen molar-refractivity contribution in [2.24, 2.45) is 0 Å². The number of piperazine rings is 1. The standard InChI is InChI=1S/C19H19FN2O3/c20-16-9-5-4-8-15(16)18-19(24)21-10-11-22(18)17(23)13-25-12-14-6-2-1-3-7-14/h1-9,18H,10-13H2,(H,21,24).